The number of benzene rings is 1. The van der Waals surface area contributed by atoms with Crippen LogP contribution in [-0.2, 0) is 17.8 Å². The van der Waals surface area contributed by atoms with Crippen molar-refractivity contribution in [2.24, 2.45) is 5.41 Å². The zero-order valence-corrected chi connectivity index (χ0v) is 13.7. The number of rotatable bonds is 2. The summed E-state index contributed by atoms with van der Waals surface area (Å²) in [7, 11) is 1.86. The summed E-state index contributed by atoms with van der Waals surface area (Å²) in [6, 6.07) is 4.01. The highest BCUT2D eigenvalue weighted by molar-refractivity contribution is 5.87. The number of carbonyl (C=O) groups excluding carboxylic acids is 1. The quantitative estimate of drug-likeness (QED) is 0.892. The molecule has 3 rings (SSSR count). The maximum Gasteiger partial charge on any atom is 0.240 e. The van der Waals surface area contributed by atoms with E-state index in [1.165, 1.54) is 11.1 Å². The number of hydrogen-bond acceptors (Lipinski definition) is 3. The summed E-state index contributed by atoms with van der Waals surface area (Å²) in [5, 5.41) is 11.5. The van der Waals surface area contributed by atoms with E-state index in [-0.39, 0.29) is 17.4 Å². The predicted octanol–water partition coefficient (Wildman–Crippen LogP) is 2.08. The number of H-pyrrole nitrogens is 1. The number of hydrogen-bond donors (Lipinski definition) is 2. The van der Waals surface area contributed by atoms with Crippen LogP contribution in [0.3, 0.4) is 0 Å². The molecule has 0 aliphatic carbocycles. The van der Waals surface area contributed by atoms with Crippen molar-refractivity contribution in [1.82, 2.24) is 20.4 Å². The molecule has 0 saturated carbocycles. The van der Waals surface area contributed by atoms with E-state index in [9.17, 15) is 4.79 Å². The van der Waals surface area contributed by atoms with Gasteiger partial charge >= 0.3 is 0 Å². The van der Waals surface area contributed by atoms with Crippen molar-refractivity contribution >= 4 is 16.8 Å². The van der Waals surface area contributed by atoms with Gasteiger partial charge in [0.25, 0.3) is 0 Å². The Kier molecular flexibility index (Phi) is 3.68. The molecule has 0 spiro atoms. The number of aromatic nitrogens is 2. The van der Waals surface area contributed by atoms with Gasteiger partial charge in [-0.05, 0) is 36.1 Å². The van der Waals surface area contributed by atoms with Crippen molar-refractivity contribution < 1.29 is 4.79 Å². The molecular weight excluding hydrogens is 276 g/mol. The molecule has 118 valence electrons. The second kappa shape index (κ2) is 5.39. The smallest absolute Gasteiger partial charge is 0.240 e. The minimum Gasteiger partial charge on any atom is -0.336 e. The fraction of sp³-hybridized carbons (Fsp3) is 0.529. The van der Waals surface area contributed by atoms with Crippen LogP contribution in [0.4, 0.5) is 0 Å². The number of amides is 1. The van der Waals surface area contributed by atoms with Crippen molar-refractivity contribution in [1.29, 1.82) is 0 Å². The third-order valence-electron chi connectivity index (χ3n) is 4.23. The molecule has 0 radical (unpaired) electrons. The minimum atomic E-state index is -0.159. The summed E-state index contributed by atoms with van der Waals surface area (Å²) in [6.07, 6.45) is 2.60. The number of fused-ring (bicyclic) bond motifs is 3. The molecule has 2 heterocycles. The fourth-order valence-electron chi connectivity index (χ4n) is 3.23. The van der Waals surface area contributed by atoms with Gasteiger partial charge in [-0.15, -0.1) is 0 Å². The number of carbonyl (C=O) groups is 1. The van der Waals surface area contributed by atoms with E-state index < -0.39 is 0 Å². The number of nitrogens with zero attached hydrogens (tertiary/aromatic N) is 2. The molecule has 1 aromatic carbocycles. The van der Waals surface area contributed by atoms with E-state index >= 15 is 0 Å². The molecule has 1 aromatic heterocycles. The van der Waals surface area contributed by atoms with Crippen LogP contribution in [0, 0.1) is 5.41 Å². The topological polar surface area (TPSA) is 61.0 Å². The standard InChI is InChI=1S/C17H24N4O/c1-17(2,3)10-21-9-13-11(7-15(18-4)16(21)22)5-6-14-12(13)8-19-20-14/h5-6,8,15,18H,7,9-10H2,1-4H3,(H,19,20). The van der Waals surface area contributed by atoms with Crippen molar-refractivity contribution in [2.45, 2.75) is 39.8 Å². The van der Waals surface area contributed by atoms with Gasteiger partial charge in [-0.2, -0.15) is 5.10 Å². The van der Waals surface area contributed by atoms with Crippen LogP contribution in [-0.4, -0.2) is 40.6 Å². The molecular formula is C17H24N4O. The largest absolute Gasteiger partial charge is 0.336 e. The van der Waals surface area contributed by atoms with Gasteiger partial charge in [-0.3, -0.25) is 9.89 Å². The first-order valence-corrected chi connectivity index (χ1v) is 7.79. The lowest BCUT2D eigenvalue weighted by Crippen LogP contribution is -2.46. The normalized spacial score (nSPS) is 19.4. The third-order valence-corrected chi connectivity index (χ3v) is 4.23. The first-order chi connectivity index (χ1) is 10.4. The van der Waals surface area contributed by atoms with Crippen LogP contribution in [0.5, 0.6) is 0 Å². The van der Waals surface area contributed by atoms with Crippen molar-refractivity contribution in [3.63, 3.8) is 0 Å². The first kappa shape index (κ1) is 15.0. The van der Waals surface area contributed by atoms with Gasteiger partial charge in [-0.1, -0.05) is 26.8 Å². The van der Waals surface area contributed by atoms with E-state index in [0.717, 1.165) is 23.9 Å². The highest BCUT2D eigenvalue weighted by atomic mass is 16.2. The first-order valence-electron chi connectivity index (χ1n) is 7.79. The van der Waals surface area contributed by atoms with E-state index in [0.29, 0.717) is 6.54 Å². The van der Waals surface area contributed by atoms with E-state index in [1.54, 1.807) is 0 Å². The summed E-state index contributed by atoms with van der Waals surface area (Å²) < 4.78 is 0. The molecule has 5 heteroatoms. The summed E-state index contributed by atoms with van der Waals surface area (Å²) in [5.41, 5.74) is 3.56. The van der Waals surface area contributed by atoms with Gasteiger partial charge in [0.1, 0.15) is 0 Å². The number of likely N-dealkylation sites (N-methyl/N-ethyl adjacent to an activating group) is 1. The van der Waals surface area contributed by atoms with Gasteiger partial charge < -0.3 is 10.2 Å². The fourth-order valence-corrected chi connectivity index (χ4v) is 3.23. The Morgan fingerprint density at radius 1 is 1.41 bits per heavy atom. The van der Waals surface area contributed by atoms with Crippen molar-refractivity contribution in [2.75, 3.05) is 13.6 Å². The van der Waals surface area contributed by atoms with Gasteiger partial charge in [-0.25, -0.2) is 0 Å². The molecule has 2 aromatic rings. The summed E-state index contributed by atoms with van der Waals surface area (Å²) >= 11 is 0. The Hall–Kier alpha value is -1.88. The molecule has 1 atom stereocenters. The Labute approximate surface area is 131 Å². The van der Waals surface area contributed by atoms with Crippen LogP contribution in [0.2, 0.25) is 0 Å². The molecule has 1 unspecified atom stereocenters. The minimum absolute atomic E-state index is 0.0722. The lowest BCUT2D eigenvalue weighted by atomic mass is 9.95. The van der Waals surface area contributed by atoms with E-state index in [1.807, 2.05) is 18.1 Å². The second-order valence-electron chi connectivity index (χ2n) is 7.33. The molecule has 0 bridgehead atoms. The highest BCUT2D eigenvalue weighted by Crippen LogP contribution is 2.28. The number of nitrogens with one attached hydrogen (secondary N) is 2. The van der Waals surface area contributed by atoms with Crippen LogP contribution in [0.15, 0.2) is 18.3 Å². The maximum atomic E-state index is 12.8. The van der Waals surface area contributed by atoms with Gasteiger partial charge in [0.15, 0.2) is 0 Å². The van der Waals surface area contributed by atoms with Crippen molar-refractivity contribution in [3.05, 3.63) is 29.5 Å². The molecule has 1 aliphatic heterocycles. The second-order valence-corrected chi connectivity index (χ2v) is 7.33. The van der Waals surface area contributed by atoms with Crippen LogP contribution in [0.1, 0.15) is 31.9 Å². The van der Waals surface area contributed by atoms with Gasteiger partial charge in [0.05, 0.1) is 17.8 Å². The Morgan fingerprint density at radius 2 is 2.18 bits per heavy atom. The van der Waals surface area contributed by atoms with Crippen LogP contribution < -0.4 is 5.32 Å². The Balaban J connectivity index is 2.07. The number of aromatic amines is 1. The summed E-state index contributed by atoms with van der Waals surface area (Å²) in [4.78, 5) is 14.8. The lowest BCUT2D eigenvalue weighted by molar-refractivity contribution is -0.134. The molecule has 0 fully saturated rings. The molecule has 1 aliphatic rings. The third kappa shape index (κ3) is 2.73. The maximum absolute atomic E-state index is 12.8. The average molecular weight is 300 g/mol. The summed E-state index contributed by atoms with van der Waals surface area (Å²) in [6.45, 7) is 7.90. The van der Waals surface area contributed by atoms with Crippen LogP contribution >= 0.6 is 0 Å². The van der Waals surface area contributed by atoms with E-state index in [4.69, 9.17) is 0 Å². The molecule has 5 nitrogen and oxygen atoms in total. The Bertz CT molecular complexity index is 698. The lowest BCUT2D eigenvalue weighted by Gasteiger charge is -2.31. The molecule has 1 amide bonds. The SMILES string of the molecule is CNC1Cc2ccc3[nH]ncc3c2CN(CC(C)(C)C)C1=O. The van der Waals surface area contributed by atoms with Gasteiger partial charge in [0, 0.05) is 18.5 Å². The van der Waals surface area contributed by atoms with Gasteiger partial charge in [0.2, 0.25) is 5.91 Å². The van der Waals surface area contributed by atoms with E-state index in [2.05, 4.69) is 48.4 Å². The monoisotopic (exact) mass is 300 g/mol. The van der Waals surface area contributed by atoms with Crippen molar-refractivity contribution in [3.8, 4) is 0 Å². The predicted molar refractivity (Wildman–Crippen MR) is 87.5 cm³/mol. The molecule has 0 saturated heterocycles. The zero-order chi connectivity index (χ0) is 15.9. The highest BCUT2D eigenvalue weighted by Gasteiger charge is 2.31. The molecule has 22 heavy (non-hydrogen) atoms. The zero-order valence-electron chi connectivity index (χ0n) is 13.7. The Morgan fingerprint density at radius 3 is 2.86 bits per heavy atom. The molecule has 2 N–H and O–H groups in total. The summed E-state index contributed by atoms with van der Waals surface area (Å²) in [5.74, 6) is 0.185. The average Bonchev–Trinajstić information content (AvgIpc) is 2.87. The van der Waals surface area contributed by atoms with Crippen LogP contribution in [0.25, 0.3) is 10.9 Å².